The lowest BCUT2D eigenvalue weighted by Crippen LogP contribution is -2.25. The number of isocyanates is 1. The monoisotopic (exact) mass is 326 g/mol. The van der Waals surface area contributed by atoms with E-state index in [1.807, 2.05) is 18.2 Å². The van der Waals surface area contributed by atoms with Crippen molar-refractivity contribution in [2.24, 2.45) is 4.99 Å². The van der Waals surface area contributed by atoms with Gasteiger partial charge in [0.05, 0.1) is 25.5 Å². The first-order chi connectivity index (χ1) is 11.7. The van der Waals surface area contributed by atoms with Gasteiger partial charge >= 0.3 is 0 Å². The summed E-state index contributed by atoms with van der Waals surface area (Å²) >= 11 is 0. The molecule has 1 amide bonds. The van der Waals surface area contributed by atoms with Crippen LogP contribution < -0.4 is 14.8 Å². The molecule has 0 saturated carbocycles. The van der Waals surface area contributed by atoms with E-state index in [1.54, 1.807) is 38.5 Å². The minimum atomic E-state index is -0.287. The second-order valence-corrected chi connectivity index (χ2v) is 4.92. The summed E-state index contributed by atoms with van der Waals surface area (Å²) in [4.78, 5) is 26.2. The first kappa shape index (κ1) is 17.2. The summed E-state index contributed by atoms with van der Waals surface area (Å²) in [5.41, 5.74) is 1.65. The van der Waals surface area contributed by atoms with Crippen LogP contribution in [0.4, 0.5) is 5.69 Å². The molecule has 0 aromatic heterocycles. The van der Waals surface area contributed by atoms with Gasteiger partial charge in [0.25, 0.3) is 5.91 Å². The molecule has 0 spiro atoms. The maximum Gasteiger partial charge on any atom is 0.253 e. The van der Waals surface area contributed by atoms with Crippen molar-refractivity contribution in [2.75, 3.05) is 20.8 Å². The van der Waals surface area contributed by atoms with Gasteiger partial charge in [-0.15, -0.1) is 0 Å². The van der Waals surface area contributed by atoms with E-state index in [0.717, 1.165) is 5.56 Å². The highest BCUT2D eigenvalue weighted by molar-refractivity contribution is 5.99. The van der Waals surface area contributed by atoms with Crippen LogP contribution in [-0.4, -0.2) is 32.8 Å². The summed E-state index contributed by atoms with van der Waals surface area (Å²) < 4.78 is 10.4. The van der Waals surface area contributed by atoms with Gasteiger partial charge < -0.3 is 14.8 Å². The fraction of sp³-hybridized carbons (Fsp3) is 0.222. The maximum absolute atomic E-state index is 12.2. The highest BCUT2D eigenvalue weighted by Crippen LogP contribution is 2.27. The smallest absolute Gasteiger partial charge is 0.253 e. The molecule has 0 unspecified atom stereocenters. The Hall–Kier alpha value is -3.11. The van der Waals surface area contributed by atoms with Crippen molar-refractivity contribution in [3.8, 4) is 11.5 Å². The molecule has 0 aliphatic heterocycles. The number of rotatable bonds is 7. The Bertz CT molecular complexity index is 767. The van der Waals surface area contributed by atoms with Crippen molar-refractivity contribution in [1.29, 1.82) is 0 Å². The van der Waals surface area contributed by atoms with Gasteiger partial charge in [0.1, 0.15) is 0 Å². The minimum Gasteiger partial charge on any atom is -0.493 e. The third kappa shape index (κ3) is 4.21. The first-order valence-corrected chi connectivity index (χ1v) is 7.35. The van der Waals surface area contributed by atoms with Gasteiger partial charge in [0.2, 0.25) is 6.08 Å². The van der Waals surface area contributed by atoms with Gasteiger partial charge in [-0.1, -0.05) is 18.2 Å². The van der Waals surface area contributed by atoms with Crippen molar-refractivity contribution in [3.63, 3.8) is 0 Å². The number of amides is 1. The lowest BCUT2D eigenvalue weighted by molar-refractivity contribution is 0.0955. The molecule has 0 radical (unpaired) electrons. The Balaban J connectivity index is 1.99. The van der Waals surface area contributed by atoms with E-state index in [0.29, 0.717) is 35.7 Å². The topological polar surface area (TPSA) is 77.0 Å². The molecule has 2 aromatic carbocycles. The molecular weight excluding hydrogens is 308 g/mol. The Morgan fingerprint density at radius 3 is 2.58 bits per heavy atom. The van der Waals surface area contributed by atoms with Gasteiger partial charge in [0.15, 0.2) is 11.5 Å². The third-order valence-corrected chi connectivity index (χ3v) is 3.46. The Kier molecular flexibility index (Phi) is 6.11. The number of carbonyl (C=O) groups excluding carboxylic acids is 2. The highest BCUT2D eigenvalue weighted by Gasteiger charge is 2.10. The molecule has 1 N–H and O–H groups in total. The van der Waals surface area contributed by atoms with Crippen LogP contribution in [0.1, 0.15) is 15.9 Å². The maximum atomic E-state index is 12.2. The van der Waals surface area contributed by atoms with Crippen molar-refractivity contribution in [2.45, 2.75) is 6.42 Å². The van der Waals surface area contributed by atoms with E-state index in [1.165, 1.54) is 6.08 Å². The summed E-state index contributed by atoms with van der Waals surface area (Å²) in [6, 6.07) is 12.2. The fourth-order valence-corrected chi connectivity index (χ4v) is 2.26. The lowest BCUT2D eigenvalue weighted by atomic mass is 10.1. The van der Waals surface area contributed by atoms with Gasteiger partial charge in [0, 0.05) is 6.54 Å². The number of nitrogens with one attached hydrogen (secondary N) is 1. The zero-order valence-corrected chi connectivity index (χ0v) is 13.5. The fourth-order valence-electron chi connectivity index (χ4n) is 2.26. The molecule has 6 nitrogen and oxygen atoms in total. The number of hydrogen-bond donors (Lipinski definition) is 1. The summed E-state index contributed by atoms with van der Waals surface area (Å²) in [5.74, 6) is 1.02. The van der Waals surface area contributed by atoms with Crippen LogP contribution in [0, 0.1) is 0 Å². The second-order valence-electron chi connectivity index (χ2n) is 4.92. The van der Waals surface area contributed by atoms with E-state index in [4.69, 9.17) is 9.47 Å². The van der Waals surface area contributed by atoms with Crippen LogP contribution in [0.15, 0.2) is 47.5 Å². The number of nitrogens with zero attached hydrogens (tertiary/aromatic N) is 1. The number of methoxy groups -OCH3 is 2. The number of benzene rings is 2. The average Bonchev–Trinajstić information content (AvgIpc) is 2.62. The Morgan fingerprint density at radius 1 is 1.12 bits per heavy atom. The summed E-state index contributed by atoms with van der Waals surface area (Å²) in [5, 5.41) is 2.81. The number of carbonyl (C=O) groups is 1. The molecular formula is C18H18N2O4. The highest BCUT2D eigenvalue weighted by atomic mass is 16.5. The van der Waals surface area contributed by atoms with Crippen LogP contribution in [0.25, 0.3) is 0 Å². The van der Waals surface area contributed by atoms with Crippen molar-refractivity contribution in [3.05, 3.63) is 53.6 Å². The average molecular weight is 326 g/mol. The number of aliphatic imine (C=N–C) groups is 1. The van der Waals surface area contributed by atoms with Gasteiger partial charge in [-0.2, -0.15) is 4.99 Å². The number of hydrogen-bond acceptors (Lipinski definition) is 5. The molecule has 2 aromatic rings. The molecule has 0 bridgehead atoms. The van der Waals surface area contributed by atoms with Crippen molar-refractivity contribution in [1.82, 2.24) is 5.32 Å². The SMILES string of the molecule is COc1ccc(CCNC(=O)c2ccccc2N=C=O)cc1OC. The zero-order chi connectivity index (χ0) is 17.4. The molecule has 6 heteroatoms. The van der Waals surface area contributed by atoms with E-state index < -0.39 is 0 Å². The summed E-state index contributed by atoms with van der Waals surface area (Å²) in [6.45, 7) is 0.438. The molecule has 0 atom stereocenters. The predicted octanol–water partition coefficient (Wildman–Crippen LogP) is 2.64. The largest absolute Gasteiger partial charge is 0.493 e. The normalized spacial score (nSPS) is 9.75. The molecule has 0 aliphatic carbocycles. The van der Waals surface area contributed by atoms with Crippen molar-refractivity contribution < 1.29 is 19.1 Å². The van der Waals surface area contributed by atoms with Gasteiger partial charge in [-0.3, -0.25) is 4.79 Å². The Labute approximate surface area is 140 Å². The van der Waals surface area contributed by atoms with E-state index in [-0.39, 0.29) is 5.91 Å². The molecule has 0 heterocycles. The molecule has 0 aliphatic rings. The molecule has 124 valence electrons. The van der Waals surface area contributed by atoms with Crippen LogP contribution in [0.3, 0.4) is 0 Å². The van der Waals surface area contributed by atoms with Crippen molar-refractivity contribution >= 4 is 17.7 Å². The van der Waals surface area contributed by atoms with E-state index in [9.17, 15) is 9.59 Å². The van der Waals surface area contributed by atoms with Gasteiger partial charge in [-0.05, 0) is 36.2 Å². The predicted molar refractivity (Wildman–Crippen MR) is 89.8 cm³/mol. The lowest BCUT2D eigenvalue weighted by Gasteiger charge is -2.10. The molecule has 2 rings (SSSR count). The second kappa shape index (κ2) is 8.50. The molecule has 24 heavy (non-hydrogen) atoms. The third-order valence-electron chi connectivity index (χ3n) is 3.46. The molecule has 0 saturated heterocycles. The number of para-hydroxylation sites is 1. The minimum absolute atomic E-state index is 0.287. The van der Waals surface area contributed by atoms with Crippen LogP contribution in [-0.2, 0) is 11.2 Å². The zero-order valence-electron chi connectivity index (χ0n) is 13.5. The standard InChI is InChI=1S/C18H18N2O4/c1-23-16-8-7-13(11-17(16)24-2)9-10-19-18(22)14-5-3-4-6-15(14)20-12-21/h3-8,11H,9-10H2,1-2H3,(H,19,22). The van der Waals surface area contributed by atoms with Crippen LogP contribution in [0.5, 0.6) is 11.5 Å². The molecule has 0 fully saturated rings. The summed E-state index contributed by atoms with van der Waals surface area (Å²) in [6.07, 6.45) is 2.08. The Morgan fingerprint density at radius 2 is 1.88 bits per heavy atom. The van der Waals surface area contributed by atoms with E-state index >= 15 is 0 Å². The van der Waals surface area contributed by atoms with Gasteiger partial charge in [-0.25, -0.2) is 4.79 Å². The van der Waals surface area contributed by atoms with Crippen LogP contribution in [0.2, 0.25) is 0 Å². The number of ether oxygens (including phenoxy) is 2. The quantitative estimate of drug-likeness (QED) is 0.627. The first-order valence-electron chi connectivity index (χ1n) is 7.35. The van der Waals surface area contributed by atoms with Crippen LogP contribution >= 0.6 is 0 Å². The summed E-state index contributed by atoms with van der Waals surface area (Å²) in [7, 11) is 3.16. The van der Waals surface area contributed by atoms with E-state index in [2.05, 4.69) is 10.3 Å².